The lowest BCUT2D eigenvalue weighted by atomic mass is 9.79. The summed E-state index contributed by atoms with van der Waals surface area (Å²) in [7, 11) is -0.333. The number of H-pyrrole nitrogens is 1. The van der Waals surface area contributed by atoms with Gasteiger partial charge >= 0.3 is 19.1 Å². The van der Waals surface area contributed by atoms with Gasteiger partial charge in [0, 0.05) is 89.5 Å². The van der Waals surface area contributed by atoms with Crippen molar-refractivity contribution in [3.63, 3.8) is 0 Å². The van der Waals surface area contributed by atoms with E-state index in [9.17, 15) is 9.59 Å². The van der Waals surface area contributed by atoms with Gasteiger partial charge in [-0.2, -0.15) is 0 Å². The molecule has 1 aliphatic rings. The molecular formula is C50H57BBr4N4O8. The maximum absolute atomic E-state index is 11.4. The van der Waals surface area contributed by atoms with Crippen molar-refractivity contribution < 1.29 is 38.6 Å². The molecule has 67 heavy (non-hydrogen) atoms. The van der Waals surface area contributed by atoms with Gasteiger partial charge in [-0.15, -0.1) is 0 Å². The number of esters is 2. The number of nitrogens with one attached hydrogen (secondary N) is 1. The van der Waals surface area contributed by atoms with Crippen LogP contribution in [-0.4, -0.2) is 90.9 Å². The summed E-state index contributed by atoms with van der Waals surface area (Å²) in [4.78, 5) is 24.6. The molecule has 12 nitrogen and oxygen atoms in total. The normalized spacial score (nSPS) is 13.5. The second-order valence-corrected chi connectivity index (χ2v) is 19.5. The van der Waals surface area contributed by atoms with E-state index in [0.29, 0.717) is 31.6 Å². The zero-order valence-electron chi connectivity index (χ0n) is 38.5. The third-order valence-corrected chi connectivity index (χ3v) is 12.9. The minimum atomic E-state index is -0.333. The van der Waals surface area contributed by atoms with Crippen LogP contribution >= 0.6 is 63.7 Å². The Morgan fingerprint density at radius 3 is 1.55 bits per heavy atom. The van der Waals surface area contributed by atoms with Gasteiger partial charge in [-0.3, -0.25) is 9.59 Å². The SMILES string of the molecule is Brc1ccc2[nH]ccc2c1.CC1(C)OB(c2ccc3c(ccn3CCO)c2)OC1(C)C.CCOC(=O)CBr.CCOC(=O)Cn1ccc2cc(Br)ccc21.OCCn1ccc2cc(Br)ccc21. The molecule has 0 radical (unpaired) electrons. The van der Waals surface area contributed by atoms with Gasteiger partial charge < -0.3 is 47.7 Å². The first kappa shape index (κ1) is 53.8. The lowest BCUT2D eigenvalue weighted by molar-refractivity contribution is -0.143. The predicted octanol–water partition coefficient (Wildman–Crippen LogP) is 11.2. The van der Waals surface area contributed by atoms with Gasteiger partial charge in [-0.05, 0) is 137 Å². The first-order valence-electron chi connectivity index (χ1n) is 21.8. The molecule has 0 aliphatic carbocycles. The Bertz CT molecular complexity index is 2840. The fraction of sp³-hybridized carbons (Fsp3) is 0.320. The fourth-order valence-corrected chi connectivity index (χ4v) is 8.30. The van der Waals surface area contributed by atoms with E-state index in [-0.39, 0.29) is 50.0 Å². The van der Waals surface area contributed by atoms with Crippen molar-refractivity contribution in [2.75, 3.05) is 31.8 Å². The van der Waals surface area contributed by atoms with E-state index in [0.717, 1.165) is 46.2 Å². The molecule has 0 bridgehead atoms. The van der Waals surface area contributed by atoms with Crippen LogP contribution in [0.4, 0.5) is 0 Å². The number of aliphatic hydroxyl groups is 2. The molecule has 0 saturated carbocycles. The molecule has 4 aromatic carbocycles. The summed E-state index contributed by atoms with van der Waals surface area (Å²) >= 11 is 13.2. The number of halogens is 4. The summed E-state index contributed by atoms with van der Waals surface area (Å²) in [6.45, 7) is 14.6. The van der Waals surface area contributed by atoms with Crippen molar-refractivity contribution in [3.8, 4) is 0 Å². The molecule has 17 heteroatoms. The third-order valence-electron chi connectivity index (χ3n) is 11.0. The van der Waals surface area contributed by atoms with Crippen LogP contribution in [0.25, 0.3) is 43.6 Å². The molecule has 1 fully saturated rings. The maximum Gasteiger partial charge on any atom is 0.494 e. The second-order valence-electron chi connectivity index (χ2n) is 16.2. The predicted molar refractivity (Wildman–Crippen MR) is 284 cm³/mol. The molecule has 3 N–H and O–H groups in total. The minimum absolute atomic E-state index is 0.142. The summed E-state index contributed by atoms with van der Waals surface area (Å²) in [5, 5.41) is 22.9. The largest absolute Gasteiger partial charge is 0.494 e. The van der Waals surface area contributed by atoms with Gasteiger partial charge in [-0.1, -0.05) is 75.9 Å². The molecule has 0 atom stereocenters. The Hall–Kier alpha value is -4.20. The van der Waals surface area contributed by atoms with E-state index in [2.05, 4.69) is 156 Å². The molecule has 5 heterocycles. The number of rotatable bonds is 10. The molecular weight excluding hydrogens is 1110 g/mol. The van der Waals surface area contributed by atoms with Gasteiger partial charge in [-0.25, -0.2) is 0 Å². The second kappa shape index (κ2) is 25.4. The number of alkyl halides is 1. The van der Waals surface area contributed by atoms with Gasteiger partial charge in [0.05, 0.1) is 37.6 Å². The quantitative estimate of drug-likeness (QED) is 0.0698. The maximum atomic E-state index is 11.4. The number of hydrogen-bond acceptors (Lipinski definition) is 8. The summed E-state index contributed by atoms with van der Waals surface area (Å²) in [6, 6.07) is 32.6. The average Bonchev–Trinajstić information content (AvgIpc) is 4.13. The number of benzene rings is 4. The highest BCUT2D eigenvalue weighted by atomic mass is 79.9. The van der Waals surface area contributed by atoms with Crippen LogP contribution < -0.4 is 5.46 Å². The van der Waals surface area contributed by atoms with E-state index in [1.54, 1.807) is 6.92 Å². The van der Waals surface area contributed by atoms with Gasteiger partial charge in [0.1, 0.15) is 11.9 Å². The Balaban J connectivity index is 0.000000164. The molecule has 9 rings (SSSR count). The van der Waals surface area contributed by atoms with E-state index in [1.807, 2.05) is 87.9 Å². The van der Waals surface area contributed by atoms with Gasteiger partial charge in [0.15, 0.2) is 0 Å². The topological polar surface area (TPSA) is 142 Å². The number of aromatic amines is 1. The fourth-order valence-electron chi connectivity index (χ4n) is 7.00. The number of aliphatic hydroxyl groups excluding tert-OH is 2. The molecule has 8 aromatic rings. The van der Waals surface area contributed by atoms with Crippen molar-refractivity contribution in [2.24, 2.45) is 0 Å². The van der Waals surface area contributed by atoms with E-state index in [4.69, 9.17) is 24.3 Å². The Labute approximate surface area is 425 Å². The average molecular weight is 1170 g/mol. The van der Waals surface area contributed by atoms with Crippen molar-refractivity contribution >= 4 is 132 Å². The molecule has 0 amide bonds. The van der Waals surface area contributed by atoms with Crippen LogP contribution in [0.3, 0.4) is 0 Å². The Morgan fingerprint density at radius 1 is 0.612 bits per heavy atom. The first-order valence-corrected chi connectivity index (χ1v) is 25.3. The van der Waals surface area contributed by atoms with Crippen molar-refractivity contribution in [1.82, 2.24) is 18.7 Å². The summed E-state index contributed by atoms with van der Waals surface area (Å²) in [5.41, 5.74) is 4.88. The zero-order chi connectivity index (χ0) is 48.7. The molecule has 1 saturated heterocycles. The van der Waals surface area contributed by atoms with Crippen molar-refractivity contribution in [2.45, 2.75) is 72.4 Å². The zero-order valence-corrected chi connectivity index (χ0v) is 44.8. The van der Waals surface area contributed by atoms with Crippen LogP contribution in [0, 0.1) is 0 Å². The third kappa shape index (κ3) is 14.9. The molecule has 356 valence electrons. The molecule has 0 unspecified atom stereocenters. The highest BCUT2D eigenvalue weighted by Crippen LogP contribution is 2.36. The minimum Gasteiger partial charge on any atom is -0.465 e. The number of carbonyl (C=O) groups excluding carboxylic acids is 2. The van der Waals surface area contributed by atoms with Crippen LogP contribution in [0.5, 0.6) is 0 Å². The number of carbonyl (C=O) groups is 2. The van der Waals surface area contributed by atoms with E-state index < -0.39 is 0 Å². The summed E-state index contributed by atoms with van der Waals surface area (Å²) < 4.78 is 30.8. The van der Waals surface area contributed by atoms with Crippen molar-refractivity contribution in [3.05, 3.63) is 135 Å². The number of nitrogens with zero attached hydrogens (tertiary/aromatic N) is 3. The summed E-state index contributed by atoms with van der Waals surface area (Å²) in [6.07, 6.45) is 7.83. The van der Waals surface area contributed by atoms with Crippen molar-refractivity contribution in [1.29, 1.82) is 0 Å². The first-order chi connectivity index (χ1) is 32.0. The smallest absolute Gasteiger partial charge is 0.465 e. The summed E-state index contributed by atoms with van der Waals surface area (Å²) in [5.74, 6) is -0.412. The number of ether oxygens (including phenoxy) is 2. The van der Waals surface area contributed by atoms with Gasteiger partial charge in [0.2, 0.25) is 0 Å². The monoisotopic (exact) mass is 1170 g/mol. The van der Waals surface area contributed by atoms with E-state index in [1.165, 1.54) is 16.3 Å². The number of hydrogen-bond donors (Lipinski definition) is 3. The molecule has 1 aliphatic heterocycles. The van der Waals surface area contributed by atoms with Crippen LogP contribution in [-0.2, 0) is 48.0 Å². The van der Waals surface area contributed by atoms with Crippen LogP contribution in [0.1, 0.15) is 41.5 Å². The lowest BCUT2D eigenvalue weighted by Crippen LogP contribution is -2.41. The highest BCUT2D eigenvalue weighted by molar-refractivity contribution is 9.11. The Morgan fingerprint density at radius 2 is 1.06 bits per heavy atom. The molecule has 0 spiro atoms. The van der Waals surface area contributed by atoms with Gasteiger partial charge in [0.25, 0.3) is 0 Å². The Kier molecular flexibility index (Phi) is 20.4. The van der Waals surface area contributed by atoms with Crippen LogP contribution in [0.15, 0.2) is 135 Å². The standard InChI is InChI=1S/C16H22BNO3.C12H12BrNO2.C10H10BrNO.C8H6BrN.C4H7BrO2/c1-15(2)16(3,4)21-17(20-15)13-5-6-14-12(11-13)7-8-18(14)9-10-19;1-2-16-12(15)8-14-6-5-9-7-10(13)3-4-11(9)14;11-9-1-2-10-8(7-9)3-4-12(10)5-6-13;9-7-1-2-8-6(5-7)3-4-10-8;1-2-7-4(6)3-5/h5-8,11,19H,9-10H2,1-4H3;3-7H,2,8H2,1H3;1-4,7,13H,5-6H2;1-5,10H;2-3H2,1H3. The number of aromatic nitrogens is 4. The van der Waals surface area contributed by atoms with Crippen LogP contribution in [0.2, 0.25) is 0 Å². The lowest BCUT2D eigenvalue weighted by Gasteiger charge is -2.32. The van der Waals surface area contributed by atoms with E-state index >= 15 is 0 Å². The highest BCUT2D eigenvalue weighted by Gasteiger charge is 2.51. The number of fused-ring (bicyclic) bond motifs is 4. The molecule has 4 aromatic heterocycles.